The van der Waals surface area contributed by atoms with Crippen LogP contribution in [0.5, 0.6) is 5.88 Å². The van der Waals surface area contributed by atoms with E-state index in [1.165, 1.54) is 0 Å². The van der Waals surface area contributed by atoms with Crippen molar-refractivity contribution in [3.05, 3.63) is 46.6 Å². The smallest absolute Gasteiger partial charge is 0.213 e. The molecule has 0 bridgehead atoms. The molecule has 1 N–H and O–H groups in total. The number of nitrogens with one attached hydrogen (secondary N) is 1. The van der Waals surface area contributed by atoms with Crippen molar-refractivity contribution in [3.63, 3.8) is 0 Å². The highest BCUT2D eigenvalue weighted by Crippen LogP contribution is 2.24. The molecule has 5 heteroatoms. The molecule has 0 radical (unpaired) electrons. The van der Waals surface area contributed by atoms with Gasteiger partial charge in [-0.25, -0.2) is 4.98 Å². The first kappa shape index (κ1) is 12.4. The van der Waals surface area contributed by atoms with Gasteiger partial charge in [0.15, 0.2) is 0 Å². The summed E-state index contributed by atoms with van der Waals surface area (Å²) < 4.78 is 5.86. The van der Waals surface area contributed by atoms with Crippen LogP contribution >= 0.6 is 15.9 Å². The molecule has 2 rings (SSSR count). The highest BCUT2D eigenvalue weighted by Gasteiger charge is 2.03. The van der Waals surface area contributed by atoms with Gasteiger partial charge in [-0.2, -0.15) is 5.26 Å². The largest absolute Gasteiger partial charge is 0.481 e. The summed E-state index contributed by atoms with van der Waals surface area (Å²) in [5.74, 6) is 0.553. The Morgan fingerprint density at radius 1 is 1.33 bits per heavy atom. The van der Waals surface area contributed by atoms with E-state index in [2.05, 4.69) is 32.3 Å². The Morgan fingerprint density at radius 3 is 2.78 bits per heavy atom. The number of halogens is 1. The summed E-state index contributed by atoms with van der Waals surface area (Å²) in [5, 5.41) is 12.2. The van der Waals surface area contributed by atoms with E-state index in [-0.39, 0.29) is 0 Å². The van der Waals surface area contributed by atoms with Gasteiger partial charge in [0.05, 0.1) is 30.2 Å². The van der Waals surface area contributed by atoms with Crippen LogP contribution in [-0.4, -0.2) is 12.1 Å². The zero-order valence-electron chi connectivity index (χ0n) is 9.64. The minimum absolute atomic E-state index is 0.553. The number of anilines is 2. The number of aromatic nitrogens is 1. The molecule has 2 aromatic rings. The van der Waals surface area contributed by atoms with Crippen molar-refractivity contribution >= 4 is 27.3 Å². The predicted molar refractivity (Wildman–Crippen MR) is 72.9 cm³/mol. The molecule has 0 aliphatic carbocycles. The Bertz CT molecular complexity index is 590. The maximum Gasteiger partial charge on any atom is 0.213 e. The Morgan fingerprint density at radius 2 is 2.17 bits per heavy atom. The molecule has 0 atom stereocenters. The van der Waals surface area contributed by atoms with E-state index >= 15 is 0 Å². The van der Waals surface area contributed by atoms with Crippen LogP contribution in [0.25, 0.3) is 0 Å². The summed E-state index contributed by atoms with van der Waals surface area (Å²) in [7, 11) is 1.57. The van der Waals surface area contributed by atoms with Gasteiger partial charge >= 0.3 is 0 Å². The molecule has 90 valence electrons. The topological polar surface area (TPSA) is 57.9 Å². The molecule has 0 aliphatic heterocycles. The van der Waals surface area contributed by atoms with Gasteiger partial charge in [-0.15, -0.1) is 0 Å². The van der Waals surface area contributed by atoms with Crippen molar-refractivity contribution in [3.8, 4) is 11.9 Å². The monoisotopic (exact) mass is 303 g/mol. The van der Waals surface area contributed by atoms with E-state index in [0.29, 0.717) is 11.4 Å². The zero-order valence-corrected chi connectivity index (χ0v) is 11.2. The van der Waals surface area contributed by atoms with Crippen LogP contribution in [0.15, 0.2) is 41.0 Å². The van der Waals surface area contributed by atoms with Crippen LogP contribution in [0, 0.1) is 11.3 Å². The molecule has 4 nitrogen and oxygen atoms in total. The third-order valence-electron chi connectivity index (χ3n) is 2.33. The molecule has 0 fully saturated rings. The summed E-state index contributed by atoms with van der Waals surface area (Å²) in [4.78, 5) is 4.09. The van der Waals surface area contributed by atoms with Gasteiger partial charge in [0.2, 0.25) is 5.88 Å². The second-order valence-electron chi connectivity index (χ2n) is 3.52. The molecule has 0 spiro atoms. The average Bonchev–Trinajstić information content (AvgIpc) is 2.41. The van der Waals surface area contributed by atoms with E-state index in [4.69, 9.17) is 10.00 Å². The van der Waals surface area contributed by atoms with E-state index < -0.39 is 0 Å². The van der Waals surface area contributed by atoms with Crippen molar-refractivity contribution in [2.24, 2.45) is 0 Å². The molecule has 1 heterocycles. The van der Waals surface area contributed by atoms with Crippen LogP contribution in [0.4, 0.5) is 11.4 Å². The highest BCUT2D eigenvalue weighted by atomic mass is 79.9. The van der Waals surface area contributed by atoms with Gasteiger partial charge < -0.3 is 10.1 Å². The average molecular weight is 304 g/mol. The number of hydrogen-bond donors (Lipinski definition) is 1. The Hall–Kier alpha value is -2.06. The lowest BCUT2D eigenvalue weighted by atomic mass is 10.2. The Kier molecular flexibility index (Phi) is 3.80. The first-order chi connectivity index (χ1) is 8.72. The molecular formula is C13H10BrN3O. The van der Waals surface area contributed by atoms with Crippen molar-refractivity contribution in [2.75, 3.05) is 12.4 Å². The number of ether oxygens (including phenoxy) is 1. The van der Waals surface area contributed by atoms with E-state index in [9.17, 15) is 0 Å². The number of nitrogens with zero attached hydrogens (tertiary/aromatic N) is 2. The molecule has 0 unspecified atom stereocenters. The lowest BCUT2D eigenvalue weighted by molar-refractivity contribution is 0.398. The van der Waals surface area contributed by atoms with Crippen molar-refractivity contribution in [1.29, 1.82) is 5.26 Å². The van der Waals surface area contributed by atoms with E-state index in [1.54, 1.807) is 25.4 Å². The fourth-order valence-electron chi connectivity index (χ4n) is 1.45. The van der Waals surface area contributed by atoms with Gasteiger partial charge in [0, 0.05) is 10.5 Å². The highest BCUT2D eigenvalue weighted by molar-refractivity contribution is 9.10. The maximum atomic E-state index is 9.06. The predicted octanol–water partition coefficient (Wildman–Crippen LogP) is 3.47. The van der Waals surface area contributed by atoms with Gasteiger partial charge in [-0.05, 0) is 24.3 Å². The minimum Gasteiger partial charge on any atom is -0.481 e. The normalized spacial score (nSPS) is 9.61. The fourth-order valence-corrected chi connectivity index (χ4v) is 1.81. The lowest BCUT2D eigenvalue weighted by Crippen LogP contribution is -1.95. The SMILES string of the molecule is COc1ccc(Nc2ccc(Br)cc2C#N)cn1. The van der Waals surface area contributed by atoms with Gasteiger partial charge in [0.25, 0.3) is 0 Å². The number of nitriles is 1. The van der Waals surface area contributed by atoms with Gasteiger partial charge in [0.1, 0.15) is 6.07 Å². The molecule has 1 aromatic carbocycles. The second-order valence-corrected chi connectivity index (χ2v) is 4.43. The summed E-state index contributed by atoms with van der Waals surface area (Å²) in [6, 6.07) is 11.2. The summed E-state index contributed by atoms with van der Waals surface area (Å²) in [6.07, 6.45) is 1.65. The van der Waals surface area contributed by atoms with Gasteiger partial charge in [-0.3, -0.25) is 0 Å². The van der Waals surface area contributed by atoms with Crippen molar-refractivity contribution < 1.29 is 4.74 Å². The number of methoxy groups -OCH3 is 1. The van der Waals surface area contributed by atoms with Crippen LogP contribution in [0.2, 0.25) is 0 Å². The Balaban J connectivity index is 2.25. The summed E-state index contributed by atoms with van der Waals surface area (Å²) >= 11 is 3.33. The first-order valence-corrected chi connectivity index (χ1v) is 5.99. The number of benzene rings is 1. The molecule has 18 heavy (non-hydrogen) atoms. The van der Waals surface area contributed by atoms with E-state index in [0.717, 1.165) is 15.8 Å². The van der Waals surface area contributed by atoms with Crippen molar-refractivity contribution in [2.45, 2.75) is 0 Å². The Labute approximate surface area is 113 Å². The van der Waals surface area contributed by atoms with Crippen LogP contribution in [0.3, 0.4) is 0 Å². The van der Waals surface area contributed by atoms with Crippen LogP contribution in [-0.2, 0) is 0 Å². The summed E-state index contributed by atoms with van der Waals surface area (Å²) in [6.45, 7) is 0. The molecular weight excluding hydrogens is 294 g/mol. The number of rotatable bonds is 3. The van der Waals surface area contributed by atoms with Crippen LogP contribution < -0.4 is 10.1 Å². The molecule has 0 aliphatic rings. The van der Waals surface area contributed by atoms with E-state index in [1.807, 2.05) is 18.2 Å². The first-order valence-electron chi connectivity index (χ1n) is 5.19. The third kappa shape index (κ3) is 2.79. The maximum absolute atomic E-state index is 9.06. The third-order valence-corrected chi connectivity index (χ3v) is 2.82. The molecule has 1 aromatic heterocycles. The van der Waals surface area contributed by atoms with Gasteiger partial charge in [-0.1, -0.05) is 15.9 Å². The fraction of sp³-hybridized carbons (Fsp3) is 0.0769. The quantitative estimate of drug-likeness (QED) is 0.943. The standard InChI is InChI=1S/C13H10BrN3O/c1-18-13-5-3-11(8-16-13)17-12-4-2-10(14)6-9(12)7-15/h2-6,8,17H,1H3. The zero-order chi connectivity index (χ0) is 13.0. The van der Waals surface area contributed by atoms with Crippen molar-refractivity contribution in [1.82, 2.24) is 4.98 Å². The molecule has 0 amide bonds. The molecule has 0 saturated carbocycles. The second kappa shape index (κ2) is 5.52. The minimum atomic E-state index is 0.553. The molecule has 0 saturated heterocycles. The number of pyridine rings is 1. The van der Waals surface area contributed by atoms with Crippen LogP contribution in [0.1, 0.15) is 5.56 Å². The summed E-state index contributed by atoms with van der Waals surface area (Å²) in [5.41, 5.74) is 2.11. The lowest BCUT2D eigenvalue weighted by Gasteiger charge is -2.08. The number of hydrogen-bond acceptors (Lipinski definition) is 4.